The van der Waals surface area contributed by atoms with E-state index in [1.165, 1.54) is 32.1 Å². The molecular formula is C29H61N5O3. The molecule has 8 N–H and O–H groups in total. The van der Waals surface area contributed by atoms with Crippen molar-refractivity contribution in [1.82, 2.24) is 16.0 Å². The fourth-order valence-electron chi connectivity index (χ4n) is 4.95. The summed E-state index contributed by atoms with van der Waals surface area (Å²) in [6.07, 6.45) is 8.63. The van der Waals surface area contributed by atoms with Crippen LogP contribution in [0.1, 0.15) is 113 Å². The van der Waals surface area contributed by atoms with Crippen LogP contribution in [0.5, 0.6) is 0 Å². The van der Waals surface area contributed by atoms with E-state index in [9.17, 15) is 9.59 Å². The summed E-state index contributed by atoms with van der Waals surface area (Å²) in [5.74, 6) is 1.33. The topological polar surface area (TPSA) is 142 Å². The number of hydrogen-bond acceptors (Lipinski definition) is 6. The Bertz CT molecular complexity index is 631. The summed E-state index contributed by atoms with van der Waals surface area (Å²) in [6.45, 7) is 18.5. The van der Waals surface area contributed by atoms with Crippen LogP contribution in [0.15, 0.2) is 0 Å². The molecule has 6 atom stereocenters. The summed E-state index contributed by atoms with van der Waals surface area (Å²) in [5.41, 5.74) is 11.9. The Kier molecular flexibility index (Phi) is 18.3. The molecule has 0 aromatic carbocycles. The maximum atomic E-state index is 12.1. The number of carbonyl (C=O) groups is 2. The van der Waals surface area contributed by atoms with Crippen molar-refractivity contribution >= 4 is 11.9 Å². The molecular weight excluding hydrogens is 466 g/mol. The summed E-state index contributed by atoms with van der Waals surface area (Å²) in [7, 11) is 0. The van der Waals surface area contributed by atoms with Crippen LogP contribution in [0, 0.1) is 23.7 Å². The van der Waals surface area contributed by atoms with Crippen LogP contribution in [0.3, 0.4) is 0 Å². The number of amides is 1. The summed E-state index contributed by atoms with van der Waals surface area (Å²) in [4.78, 5) is 22.7. The third-order valence-electron chi connectivity index (χ3n) is 7.60. The minimum Gasteiger partial charge on any atom is -0.481 e. The molecule has 220 valence electrons. The zero-order valence-corrected chi connectivity index (χ0v) is 25.1. The number of aliphatic carboxylic acids is 1. The van der Waals surface area contributed by atoms with Crippen molar-refractivity contribution in [3.63, 3.8) is 0 Å². The molecule has 0 aromatic heterocycles. The lowest BCUT2D eigenvalue weighted by atomic mass is 9.79. The average Bonchev–Trinajstić information content (AvgIpc) is 2.78. The minimum absolute atomic E-state index is 0.0159. The number of nitrogens with one attached hydrogen (secondary N) is 3. The van der Waals surface area contributed by atoms with Crippen molar-refractivity contribution in [1.29, 1.82) is 0 Å². The molecule has 0 aliphatic heterocycles. The van der Waals surface area contributed by atoms with Crippen LogP contribution >= 0.6 is 0 Å². The molecule has 0 bridgehead atoms. The summed E-state index contributed by atoms with van der Waals surface area (Å²) in [5, 5.41) is 18.5. The van der Waals surface area contributed by atoms with E-state index in [0.29, 0.717) is 37.1 Å². The molecule has 0 saturated carbocycles. The standard InChI is InChI=1S/C29H61N5O3/c1-8-10-11-13-22(3)16-24(5)25(6)17-28(7,30)20-32-18-23(4)19-33-21-29(31,9-2)34-26(35)14-12-15-27(36)37/h22-25,32-33H,8-21,30-31H2,1-7H3,(H,34,35)(H,36,37)/t22?,23?,24-,25?,28+,29+/m0/s1. The highest BCUT2D eigenvalue weighted by Crippen LogP contribution is 2.28. The fraction of sp³-hybridized carbons (Fsp3) is 0.931. The van der Waals surface area contributed by atoms with E-state index < -0.39 is 11.6 Å². The van der Waals surface area contributed by atoms with E-state index in [-0.39, 0.29) is 24.3 Å². The highest BCUT2D eigenvalue weighted by Gasteiger charge is 2.26. The number of carboxylic acids is 1. The van der Waals surface area contributed by atoms with Crippen LogP contribution in [-0.2, 0) is 9.59 Å². The van der Waals surface area contributed by atoms with Crippen molar-refractivity contribution in [3.05, 3.63) is 0 Å². The van der Waals surface area contributed by atoms with Crippen LogP contribution in [0.4, 0.5) is 0 Å². The van der Waals surface area contributed by atoms with E-state index in [1.807, 2.05) is 6.92 Å². The van der Waals surface area contributed by atoms with Gasteiger partial charge in [0.1, 0.15) is 5.66 Å². The zero-order chi connectivity index (χ0) is 28.5. The first-order chi connectivity index (χ1) is 17.2. The smallest absolute Gasteiger partial charge is 0.303 e. The Hall–Kier alpha value is -1.22. The van der Waals surface area contributed by atoms with Gasteiger partial charge in [-0.1, -0.05) is 67.2 Å². The van der Waals surface area contributed by atoms with Gasteiger partial charge in [0, 0.05) is 31.5 Å². The molecule has 0 spiro atoms. The molecule has 8 nitrogen and oxygen atoms in total. The molecule has 0 aromatic rings. The van der Waals surface area contributed by atoms with Gasteiger partial charge in [-0.3, -0.25) is 9.59 Å². The van der Waals surface area contributed by atoms with Gasteiger partial charge in [-0.2, -0.15) is 0 Å². The number of unbranched alkanes of at least 4 members (excludes halogenated alkanes) is 2. The lowest BCUT2D eigenvalue weighted by molar-refractivity contribution is -0.137. The van der Waals surface area contributed by atoms with Gasteiger partial charge in [-0.05, 0) is 69.4 Å². The van der Waals surface area contributed by atoms with Gasteiger partial charge in [0.2, 0.25) is 5.91 Å². The number of rotatable bonds is 23. The third kappa shape index (κ3) is 18.6. The number of carbonyl (C=O) groups excluding carboxylic acids is 1. The molecule has 0 radical (unpaired) electrons. The zero-order valence-electron chi connectivity index (χ0n) is 25.1. The van der Waals surface area contributed by atoms with Crippen molar-refractivity contribution in [2.75, 3.05) is 26.2 Å². The molecule has 37 heavy (non-hydrogen) atoms. The number of carboxylic acid groups (broad SMARTS) is 1. The highest BCUT2D eigenvalue weighted by atomic mass is 16.4. The summed E-state index contributed by atoms with van der Waals surface area (Å²) < 4.78 is 0. The molecule has 3 unspecified atom stereocenters. The molecule has 0 aliphatic rings. The van der Waals surface area contributed by atoms with Crippen LogP contribution < -0.4 is 27.4 Å². The fourth-order valence-corrected chi connectivity index (χ4v) is 4.95. The summed E-state index contributed by atoms with van der Waals surface area (Å²) in [6, 6.07) is 0. The predicted molar refractivity (Wildman–Crippen MR) is 155 cm³/mol. The number of hydrogen-bond donors (Lipinski definition) is 6. The Morgan fingerprint density at radius 1 is 0.865 bits per heavy atom. The highest BCUT2D eigenvalue weighted by molar-refractivity contribution is 5.77. The van der Waals surface area contributed by atoms with Crippen LogP contribution in [0.25, 0.3) is 0 Å². The maximum absolute atomic E-state index is 12.1. The van der Waals surface area contributed by atoms with Gasteiger partial charge in [0.05, 0.1) is 0 Å². The van der Waals surface area contributed by atoms with Crippen molar-refractivity contribution in [2.24, 2.45) is 35.1 Å². The van der Waals surface area contributed by atoms with Gasteiger partial charge < -0.3 is 32.5 Å². The molecule has 0 rings (SSSR count). The monoisotopic (exact) mass is 527 g/mol. The largest absolute Gasteiger partial charge is 0.481 e. The van der Waals surface area contributed by atoms with Gasteiger partial charge in [-0.25, -0.2) is 0 Å². The van der Waals surface area contributed by atoms with Crippen LogP contribution in [-0.4, -0.2) is 54.4 Å². The third-order valence-corrected chi connectivity index (χ3v) is 7.60. The lowest BCUT2D eigenvalue weighted by Gasteiger charge is -2.33. The minimum atomic E-state index is -0.895. The molecule has 8 heteroatoms. The van der Waals surface area contributed by atoms with Gasteiger partial charge in [0.15, 0.2) is 0 Å². The molecule has 0 heterocycles. The Balaban J connectivity index is 4.29. The predicted octanol–water partition coefficient (Wildman–Crippen LogP) is 4.22. The SMILES string of the molecule is CCCCCC(C)C[C@H](C)C(C)C[C@@](C)(N)CNCC(C)CNC[C@@](N)(CC)NC(=O)CCCC(=O)O. The average molecular weight is 528 g/mol. The summed E-state index contributed by atoms with van der Waals surface area (Å²) >= 11 is 0. The van der Waals surface area contributed by atoms with Crippen molar-refractivity contribution in [3.8, 4) is 0 Å². The van der Waals surface area contributed by atoms with Crippen molar-refractivity contribution < 1.29 is 14.7 Å². The van der Waals surface area contributed by atoms with E-state index >= 15 is 0 Å². The van der Waals surface area contributed by atoms with Gasteiger partial charge >= 0.3 is 5.97 Å². The van der Waals surface area contributed by atoms with Crippen molar-refractivity contribution in [2.45, 2.75) is 124 Å². The second-order valence-corrected chi connectivity index (χ2v) is 12.3. The normalized spacial score (nSPS) is 18.3. The number of nitrogens with two attached hydrogens (primary N) is 2. The lowest BCUT2D eigenvalue weighted by Crippen LogP contribution is -2.61. The van der Waals surface area contributed by atoms with Gasteiger partial charge in [-0.15, -0.1) is 0 Å². The molecule has 0 saturated heterocycles. The first-order valence-corrected chi connectivity index (χ1v) is 14.8. The molecule has 0 fully saturated rings. The first-order valence-electron chi connectivity index (χ1n) is 14.8. The molecule has 1 amide bonds. The Morgan fingerprint density at radius 3 is 2.05 bits per heavy atom. The van der Waals surface area contributed by atoms with Gasteiger partial charge in [0.25, 0.3) is 0 Å². The quantitative estimate of drug-likeness (QED) is 0.0862. The second kappa shape index (κ2) is 18.9. The van der Waals surface area contributed by atoms with E-state index in [4.69, 9.17) is 16.6 Å². The van der Waals surface area contributed by atoms with E-state index in [1.54, 1.807) is 0 Å². The van der Waals surface area contributed by atoms with E-state index in [0.717, 1.165) is 32.0 Å². The van der Waals surface area contributed by atoms with Crippen LogP contribution in [0.2, 0.25) is 0 Å². The Labute approximate surface area is 227 Å². The second-order valence-electron chi connectivity index (χ2n) is 12.3. The molecule has 0 aliphatic carbocycles. The maximum Gasteiger partial charge on any atom is 0.303 e. The Morgan fingerprint density at radius 2 is 1.49 bits per heavy atom. The first kappa shape index (κ1) is 35.8. The van der Waals surface area contributed by atoms with E-state index in [2.05, 4.69) is 57.5 Å².